The zero-order chi connectivity index (χ0) is 20.8. The molecule has 2 aromatic heterocycles. The monoisotopic (exact) mass is 406 g/mol. The Labute approximate surface area is 176 Å². The van der Waals surface area contributed by atoms with Gasteiger partial charge in [-0.25, -0.2) is 9.37 Å². The van der Waals surface area contributed by atoms with Gasteiger partial charge in [-0.3, -0.25) is 9.98 Å². The fourth-order valence-corrected chi connectivity index (χ4v) is 3.85. The molecular formula is C23H27FN6. The van der Waals surface area contributed by atoms with E-state index in [2.05, 4.69) is 51.8 Å². The summed E-state index contributed by atoms with van der Waals surface area (Å²) in [6.07, 6.45) is 5.19. The third kappa shape index (κ3) is 4.67. The Hall–Kier alpha value is -3.22. The second-order valence-electron chi connectivity index (χ2n) is 7.39. The van der Waals surface area contributed by atoms with Crippen molar-refractivity contribution in [3.8, 4) is 0 Å². The minimum Gasteiger partial charge on any atom is -0.357 e. The lowest BCUT2D eigenvalue weighted by Crippen LogP contribution is -2.44. The first-order chi connectivity index (χ1) is 14.7. The van der Waals surface area contributed by atoms with Crippen LogP contribution in [0.5, 0.6) is 0 Å². The minimum absolute atomic E-state index is 0.198. The highest BCUT2D eigenvalue weighted by atomic mass is 19.1. The number of para-hydroxylation sites is 1. The molecule has 7 heteroatoms. The molecule has 3 aromatic rings. The fraction of sp³-hybridized carbons (Fsp3) is 0.348. The molecule has 2 N–H and O–H groups in total. The first-order valence-electron chi connectivity index (χ1n) is 10.5. The molecule has 30 heavy (non-hydrogen) atoms. The number of benzene rings is 1. The second-order valence-corrected chi connectivity index (χ2v) is 7.39. The second kappa shape index (κ2) is 9.52. The molecule has 3 heterocycles. The van der Waals surface area contributed by atoms with Crippen molar-refractivity contribution in [3.05, 3.63) is 66.2 Å². The van der Waals surface area contributed by atoms with Crippen LogP contribution < -0.4 is 15.5 Å². The zero-order valence-corrected chi connectivity index (χ0v) is 17.2. The van der Waals surface area contributed by atoms with E-state index in [1.165, 1.54) is 11.6 Å². The van der Waals surface area contributed by atoms with Gasteiger partial charge in [-0.15, -0.1) is 0 Å². The van der Waals surface area contributed by atoms with E-state index in [0.717, 1.165) is 42.8 Å². The van der Waals surface area contributed by atoms with Crippen LogP contribution in [0.1, 0.15) is 18.9 Å². The van der Waals surface area contributed by atoms with Gasteiger partial charge in [0.2, 0.25) is 0 Å². The molecule has 1 aromatic carbocycles. The van der Waals surface area contributed by atoms with E-state index in [0.29, 0.717) is 18.9 Å². The van der Waals surface area contributed by atoms with E-state index in [1.807, 2.05) is 17.2 Å². The molecule has 0 aliphatic carbocycles. The molecule has 0 spiro atoms. The molecule has 1 saturated heterocycles. The van der Waals surface area contributed by atoms with E-state index >= 15 is 0 Å². The number of hydrogen-bond acceptors (Lipinski definition) is 4. The highest BCUT2D eigenvalue weighted by Crippen LogP contribution is 2.21. The van der Waals surface area contributed by atoms with Crippen LogP contribution in [-0.4, -0.2) is 48.1 Å². The van der Waals surface area contributed by atoms with Gasteiger partial charge in [-0.2, -0.15) is 0 Å². The summed E-state index contributed by atoms with van der Waals surface area (Å²) in [5.41, 5.74) is 2.24. The Morgan fingerprint density at radius 1 is 1.17 bits per heavy atom. The van der Waals surface area contributed by atoms with E-state index in [-0.39, 0.29) is 11.9 Å². The van der Waals surface area contributed by atoms with E-state index in [9.17, 15) is 4.39 Å². The minimum atomic E-state index is -0.276. The predicted molar refractivity (Wildman–Crippen MR) is 119 cm³/mol. The van der Waals surface area contributed by atoms with Crippen LogP contribution in [0.25, 0.3) is 10.9 Å². The standard InChI is InChI=1S/C23H27FN6/c1-2-25-23(28-14-10-18-7-3-6-17-8-4-12-26-21(17)18)29-19-11-15-30(16-19)22-20(24)9-5-13-27-22/h3-9,12-13,19H,2,10-11,14-16H2,1H3,(H2,25,28,29). The van der Waals surface area contributed by atoms with Crippen LogP contribution >= 0.6 is 0 Å². The summed E-state index contributed by atoms with van der Waals surface area (Å²) in [6, 6.07) is 13.6. The molecule has 0 radical (unpaired) electrons. The third-order valence-corrected chi connectivity index (χ3v) is 5.28. The van der Waals surface area contributed by atoms with Crippen LogP contribution in [0.4, 0.5) is 10.2 Å². The number of anilines is 1. The van der Waals surface area contributed by atoms with Gasteiger partial charge in [0.1, 0.15) is 0 Å². The van der Waals surface area contributed by atoms with Gasteiger partial charge in [0, 0.05) is 50.0 Å². The van der Waals surface area contributed by atoms with Gasteiger partial charge >= 0.3 is 0 Å². The Bertz CT molecular complexity index is 1020. The fourth-order valence-electron chi connectivity index (χ4n) is 3.85. The highest BCUT2D eigenvalue weighted by molar-refractivity contribution is 5.82. The highest BCUT2D eigenvalue weighted by Gasteiger charge is 2.25. The van der Waals surface area contributed by atoms with Crippen molar-refractivity contribution in [1.82, 2.24) is 20.6 Å². The molecular weight excluding hydrogens is 379 g/mol. The maximum Gasteiger partial charge on any atom is 0.191 e. The summed E-state index contributed by atoms with van der Waals surface area (Å²) in [5, 5.41) is 7.95. The number of guanidine groups is 1. The topological polar surface area (TPSA) is 65.4 Å². The van der Waals surface area contributed by atoms with Crippen LogP contribution in [0.15, 0.2) is 59.9 Å². The number of nitrogens with one attached hydrogen (secondary N) is 2. The molecule has 0 saturated carbocycles. The molecule has 1 unspecified atom stereocenters. The van der Waals surface area contributed by atoms with Gasteiger partial charge < -0.3 is 15.5 Å². The van der Waals surface area contributed by atoms with Gasteiger partial charge in [0.05, 0.1) is 5.52 Å². The first kappa shape index (κ1) is 20.1. The average molecular weight is 407 g/mol. The first-order valence-corrected chi connectivity index (χ1v) is 10.5. The van der Waals surface area contributed by atoms with Gasteiger partial charge in [-0.05, 0) is 43.5 Å². The lowest BCUT2D eigenvalue weighted by molar-refractivity contribution is 0.612. The van der Waals surface area contributed by atoms with Crippen molar-refractivity contribution < 1.29 is 4.39 Å². The van der Waals surface area contributed by atoms with Gasteiger partial charge in [-0.1, -0.05) is 24.3 Å². The summed E-state index contributed by atoms with van der Waals surface area (Å²) >= 11 is 0. The Morgan fingerprint density at radius 2 is 2.00 bits per heavy atom. The molecule has 4 rings (SSSR count). The Morgan fingerprint density at radius 3 is 2.87 bits per heavy atom. The zero-order valence-electron chi connectivity index (χ0n) is 17.2. The summed E-state index contributed by atoms with van der Waals surface area (Å²) in [7, 11) is 0. The number of halogens is 1. The quantitative estimate of drug-likeness (QED) is 0.486. The number of nitrogens with zero attached hydrogens (tertiary/aromatic N) is 4. The number of aliphatic imine (C=N–C) groups is 1. The SMILES string of the molecule is CCNC(=NCCc1cccc2cccnc12)NC1CCN(c2ncccc2F)C1. The summed E-state index contributed by atoms with van der Waals surface area (Å²) in [6.45, 7) is 4.97. The van der Waals surface area contributed by atoms with Gasteiger partial charge in [0.15, 0.2) is 17.6 Å². The van der Waals surface area contributed by atoms with E-state index in [4.69, 9.17) is 4.99 Å². The van der Waals surface area contributed by atoms with Crippen LogP contribution in [0.2, 0.25) is 0 Å². The summed E-state index contributed by atoms with van der Waals surface area (Å²) in [5.74, 6) is 0.939. The molecule has 1 aliphatic rings. The summed E-state index contributed by atoms with van der Waals surface area (Å²) in [4.78, 5) is 15.4. The normalized spacial score (nSPS) is 16.8. The maximum absolute atomic E-state index is 14.0. The average Bonchev–Trinajstić information content (AvgIpc) is 3.22. The molecule has 6 nitrogen and oxygen atoms in total. The van der Waals surface area contributed by atoms with Crippen LogP contribution in [0, 0.1) is 5.82 Å². The smallest absolute Gasteiger partial charge is 0.191 e. The molecule has 0 amide bonds. The van der Waals surface area contributed by atoms with Crippen molar-refractivity contribution in [1.29, 1.82) is 0 Å². The van der Waals surface area contributed by atoms with Crippen LogP contribution in [0.3, 0.4) is 0 Å². The van der Waals surface area contributed by atoms with Crippen molar-refractivity contribution in [2.45, 2.75) is 25.8 Å². The predicted octanol–water partition coefficient (Wildman–Crippen LogP) is 3.15. The molecule has 1 atom stereocenters. The number of pyridine rings is 2. The number of aromatic nitrogens is 2. The number of hydrogen-bond donors (Lipinski definition) is 2. The number of fused-ring (bicyclic) bond motifs is 1. The van der Waals surface area contributed by atoms with E-state index in [1.54, 1.807) is 12.3 Å². The molecule has 156 valence electrons. The molecule has 0 bridgehead atoms. The summed E-state index contributed by atoms with van der Waals surface area (Å²) < 4.78 is 14.0. The molecule has 1 fully saturated rings. The largest absolute Gasteiger partial charge is 0.357 e. The third-order valence-electron chi connectivity index (χ3n) is 5.28. The van der Waals surface area contributed by atoms with Crippen molar-refractivity contribution in [3.63, 3.8) is 0 Å². The van der Waals surface area contributed by atoms with Crippen molar-refractivity contribution in [2.75, 3.05) is 31.1 Å². The Balaban J connectivity index is 1.38. The van der Waals surface area contributed by atoms with E-state index < -0.39 is 0 Å². The lowest BCUT2D eigenvalue weighted by atomic mass is 10.1. The number of rotatable bonds is 6. The Kier molecular flexibility index (Phi) is 6.37. The molecule has 1 aliphatic heterocycles. The van der Waals surface area contributed by atoms with Crippen LogP contribution in [-0.2, 0) is 6.42 Å². The maximum atomic E-state index is 14.0. The lowest BCUT2D eigenvalue weighted by Gasteiger charge is -2.20. The van der Waals surface area contributed by atoms with Crippen molar-refractivity contribution >= 4 is 22.7 Å². The van der Waals surface area contributed by atoms with Gasteiger partial charge in [0.25, 0.3) is 0 Å². The van der Waals surface area contributed by atoms with Crippen molar-refractivity contribution in [2.24, 2.45) is 4.99 Å².